The fourth-order valence-corrected chi connectivity index (χ4v) is 3.04. The molecule has 1 atom stereocenters. The molecule has 0 spiro atoms. The molecule has 0 aromatic heterocycles. The van der Waals surface area contributed by atoms with Crippen LogP contribution in [-0.2, 0) is 16.0 Å². The number of nitrogens with two attached hydrogens (primary N) is 1. The monoisotopic (exact) mass is 290 g/mol. The quantitative estimate of drug-likeness (QED) is 0.819. The SMILES string of the molecule is CCC1(CC)CC(NC(=O)Cc2ccccc2N)CCO1. The second kappa shape index (κ2) is 6.94. The number of hydrogen-bond donors (Lipinski definition) is 2. The molecule has 1 saturated heterocycles. The van der Waals surface area contributed by atoms with Gasteiger partial charge in [0.2, 0.25) is 5.91 Å². The Hall–Kier alpha value is -1.55. The van der Waals surface area contributed by atoms with Gasteiger partial charge in [0.1, 0.15) is 0 Å². The summed E-state index contributed by atoms with van der Waals surface area (Å²) in [6.07, 6.45) is 4.10. The van der Waals surface area contributed by atoms with Crippen LogP contribution in [0.5, 0.6) is 0 Å². The van der Waals surface area contributed by atoms with Crippen molar-refractivity contribution < 1.29 is 9.53 Å². The zero-order valence-electron chi connectivity index (χ0n) is 13.0. The summed E-state index contributed by atoms with van der Waals surface area (Å²) in [7, 11) is 0. The van der Waals surface area contributed by atoms with Gasteiger partial charge in [-0.05, 0) is 37.3 Å². The number of anilines is 1. The molecule has 0 saturated carbocycles. The van der Waals surface area contributed by atoms with Crippen LogP contribution in [0.2, 0.25) is 0 Å². The van der Waals surface area contributed by atoms with Crippen LogP contribution < -0.4 is 11.1 Å². The Bertz CT molecular complexity index is 483. The van der Waals surface area contributed by atoms with Gasteiger partial charge in [-0.15, -0.1) is 0 Å². The molecule has 0 aliphatic carbocycles. The number of ether oxygens (including phenoxy) is 1. The molecule has 1 aliphatic heterocycles. The summed E-state index contributed by atoms with van der Waals surface area (Å²) < 4.78 is 5.94. The fraction of sp³-hybridized carbons (Fsp3) is 0.588. The number of carbonyl (C=O) groups excluding carboxylic acids is 1. The lowest BCUT2D eigenvalue weighted by Gasteiger charge is -2.40. The predicted octanol–water partition coefficient (Wildman–Crippen LogP) is 2.67. The van der Waals surface area contributed by atoms with E-state index in [0.717, 1.165) is 37.9 Å². The summed E-state index contributed by atoms with van der Waals surface area (Å²) in [5, 5.41) is 3.14. The maximum absolute atomic E-state index is 12.2. The molecule has 0 radical (unpaired) electrons. The number of rotatable bonds is 5. The fourth-order valence-electron chi connectivity index (χ4n) is 3.04. The Morgan fingerprint density at radius 3 is 2.76 bits per heavy atom. The van der Waals surface area contributed by atoms with E-state index in [1.54, 1.807) is 0 Å². The van der Waals surface area contributed by atoms with Crippen LogP contribution >= 0.6 is 0 Å². The van der Waals surface area contributed by atoms with Gasteiger partial charge in [-0.1, -0.05) is 32.0 Å². The standard InChI is InChI=1S/C17H26N2O2/c1-3-17(4-2)12-14(9-10-21-17)19-16(20)11-13-7-5-6-8-15(13)18/h5-8,14H,3-4,9-12,18H2,1-2H3,(H,19,20). The lowest BCUT2D eigenvalue weighted by atomic mass is 9.86. The van der Waals surface area contributed by atoms with Gasteiger partial charge in [0.05, 0.1) is 12.0 Å². The van der Waals surface area contributed by atoms with Crippen LogP contribution in [0.3, 0.4) is 0 Å². The Kier molecular flexibility index (Phi) is 5.23. The minimum absolute atomic E-state index is 0.0425. The summed E-state index contributed by atoms with van der Waals surface area (Å²) >= 11 is 0. The number of hydrogen-bond acceptors (Lipinski definition) is 3. The highest BCUT2D eigenvalue weighted by Crippen LogP contribution is 2.31. The molecule has 1 aromatic carbocycles. The van der Waals surface area contributed by atoms with Gasteiger partial charge in [0, 0.05) is 18.3 Å². The normalized spacial score (nSPS) is 21.0. The third-order valence-corrected chi connectivity index (χ3v) is 4.55. The van der Waals surface area contributed by atoms with Gasteiger partial charge >= 0.3 is 0 Å². The van der Waals surface area contributed by atoms with Gasteiger partial charge in [0.25, 0.3) is 0 Å². The van der Waals surface area contributed by atoms with Crippen LogP contribution in [0.1, 0.15) is 45.1 Å². The summed E-state index contributed by atoms with van der Waals surface area (Å²) in [4.78, 5) is 12.2. The molecule has 3 N–H and O–H groups in total. The first-order valence-electron chi connectivity index (χ1n) is 7.85. The third kappa shape index (κ3) is 3.97. The first-order valence-corrected chi connectivity index (χ1v) is 7.85. The molecule has 1 amide bonds. The van der Waals surface area contributed by atoms with Crippen LogP contribution in [0, 0.1) is 0 Å². The lowest BCUT2D eigenvalue weighted by Crippen LogP contribution is -2.48. The minimum Gasteiger partial charge on any atom is -0.398 e. The first-order chi connectivity index (χ1) is 10.1. The van der Waals surface area contributed by atoms with E-state index in [9.17, 15) is 4.79 Å². The van der Waals surface area contributed by atoms with Crippen molar-refractivity contribution >= 4 is 11.6 Å². The Balaban J connectivity index is 1.92. The topological polar surface area (TPSA) is 64.4 Å². The highest BCUT2D eigenvalue weighted by Gasteiger charge is 2.34. The van der Waals surface area contributed by atoms with Crippen molar-refractivity contribution in [3.05, 3.63) is 29.8 Å². The number of carbonyl (C=O) groups is 1. The van der Waals surface area contributed by atoms with E-state index in [0.29, 0.717) is 12.1 Å². The van der Waals surface area contributed by atoms with Crippen LogP contribution in [-0.4, -0.2) is 24.2 Å². The van der Waals surface area contributed by atoms with Crippen LogP contribution in [0.15, 0.2) is 24.3 Å². The van der Waals surface area contributed by atoms with Crippen molar-refractivity contribution in [1.29, 1.82) is 0 Å². The minimum atomic E-state index is -0.0675. The van der Waals surface area contributed by atoms with Gasteiger partial charge in [-0.25, -0.2) is 0 Å². The molecule has 1 aliphatic rings. The molecule has 4 heteroatoms. The molecule has 1 heterocycles. The van der Waals surface area contributed by atoms with Crippen molar-refractivity contribution in [3.63, 3.8) is 0 Å². The smallest absolute Gasteiger partial charge is 0.224 e. The van der Waals surface area contributed by atoms with Gasteiger partial charge in [-0.2, -0.15) is 0 Å². The number of nitrogens with one attached hydrogen (secondary N) is 1. The zero-order chi connectivity index (χ0) is 15.3. The largest absolute Gasteiger partial charge is 0.398 e. The van der Waals surface area contributed by atoms with Gasteiger partial charge in [0.15, 0.2) is 0 Å². The van der Waals surface area contributed by atoms with E-state index in [1.807, 2.05) is 24.3 Å². The molecule has 1 aromatic rings. The summed E-state index contributed by atoms with van der Waals surface area (Å²) in [6, 6.07) is 7.73. The molecular weight excluding hydrogens is 264 g/mol. The summed E-state index contributed by atoms with van der Waals surface area (Å²) in [5.74, 6) is 0.0425. The van der Waals surface area contributed by atoms with Gasteiger partial charge in [-0.3, -0.25) is 4.79 Å². The molecule has 4 nitrogen and oxygen atoms in total. The Morgan fingerprint density at radius 1 is 1.38 bits per heavy atom. The second-order valence-electron chi connectivity index (χ2n) is 5.87. The number of amides is 1. The number of para-hydroxylation sites is 1. The van der Waals surface area contributed by atoms with Crippen LogP contribution in [0.25, 0.3) is 0 Å². The van der Waals surface area contributed by atoms with E-state index in [-0.39, 0.29) is 17.6 Å². The van der Waals surface area contributed by atoms with Crippen LogP contribution in [0.4, 0.5) is 5.69 Å². The van der Waals surface area contributed by atoms with Crippen molar-refractivity contribution in [2.24, 2.45) is 0 Å². The number of nitrogen functional groups attached to an aromatic ring is 1. The summed E-state index contributed by atoms with van der Waals surface area (Å²) in [6.45, 7) is 5.02. The Morgan fingerprint density at radius 2 is 2.10 bits per heavy atom. The average molecular weight is 290 g/mol. The van der Waals surface area contributed by atoms with E-state index < -0.39 is 0 Å². The summed E-state index contributed by atoms with van der Waals surface area (Å²) in [5.41, 5.74) is 7.39. The van der Waals surface area contributed by atoms with Crippen molar-refractivity contribution in [1.82, 2.24) is 5.32 Å². The third-order valence-electron chi connectivity index (χ3n) is 4.55. The molecule has 21 heavy (non-hydrogen) atoms. The molecule has 116 valence electrons. The highest BCUT2D eigenvalue weighted by atomic mass is 16.5. The van der Waals surface area contributed by atoms with E-state index in [1.165, 1.54) is 0 Å². The van der Waals surface area contributed by atoms with Crippen molar-refractivity contribution in [2.45, 2.75) is 57.6 Å². The predicted molar refractivity (Wildman–Crippen MR) is 85.0 cm³/mol. The number of benzene rings is 1. The molecule has 2 rings (SSSR count). The molecule has 1 fully saturated rings. The maximum atomic E-state index is 12.2. The molecule has 0 bridgehead atoms. The van der Waals surface area contributed by atoms with E-state index in [2.05, 4.69) is 19.2 Å². The molecule has 1 unspecified atom stereocenters. The van der Waals surface area contributed by atoms with Gasteiger partial charge < -0.3 is 15.8 Å². The van der Waals surface area contributed by atoms with E-state index >= 15 is 0 Å². The van der Waals surface area contributed by atoms with E-state index in [4.69, 9.17) is 10.5 Å². The zero-order valence-corrected chi connectivity index (χ0v) is 13.0. The first kappa shape index (κ1) is 15.8. The maximum Gasteiger partial charge on any atom is 0.224 e. The lowest BCUT2D eigenvalue weighted by molar-refractivity contribution is -0.125. The molecular formula is C17H26N2O2. The Labute approximate surface area is 127 Å². The second-order valence-corrected chi connectivity index (χ2v) is 5.87. The average Bonchev–Trinajstić information content (AvgIpc) is 2.49. The van der Waals surface area contributed by atoms with Crippen molar-refractivity contribution in [3.8, 4) is 0 Å². The highest BCUT2D eigenvalue weighted by molar-refractivity contribution is 5.80. The van der Waals surface area contributed by atoms with Crippen molar-refractivity contribution in [2.75, 3.05) is 12.3 Å².